The van der Waals surface area contributed by atoms with Gasteiger partial charge in [0.25, 0.3) is 0 Å². The van der Waals surface area contributed by atoms with Crippen LogP contribution in [-0.4, -0.2) is 34.4 Å². The Balaban J connectivity index is 2.15. The molecule has 3 atom stereocenters. The highest BCUT2D eigenvalue weighted by Crippen LogP contribution is 2.43. The average molecular weight is 421 g/mol. The third kappa shape index (κ3) is 5.20. The summed E-state index contributed by atoms with van der Waals surface area (Å²) in [6.07, 6.45) is -0.521. The molecular weight excluding hydrogens is 394 g/mol. The van der Waals surface area contributed by atoms with Crippen LogP contribution in [0.25, 0.3) is 0 Å². The molecular formula is C25H27NO5. The normalized spacial score (nSPS) is 21.2. The fraction of sp³-hybridized carbons (Fsp3) is 0.320. The minimum absolute atomic E-state index is 0.230. The van der Waals surface area contributed by atoms with E-state index in [-0.39, 0.29) is 12.2 Å². The summed E-state index contributed by atoms with van der Waals surface area (Å²) >= 11 is 0. The first-order valence-electron chi connectivity index (χ1n) is 10.2. The van der Waals surface area contributed by atoms with Crippen molar-refractivity contribution < 1.29 is 23.9 Å². The Labute approximate surface area is 182 Å². The number of cyclic esters (lactones) is 1. The van der Waals surface area contributed by atoms with Gasteiger partial charge in [-0.3, -0.25) is 9.69 Å². The largest absolute Gasteiger partial charge is 0.453 e. The lowest BCUT2D eigenvalue weighted by Crippen LogP contribution is -2.55. The van der Waals surface area contributed by atoms with Crippen molar-refractivity contribution in [3.8, 4) is 0 Å². The minimum Gasteiger partial charge on any atom is -0.453 e. The molecule has 0 spiro atoms. The van der Waals surface area contributed by atoms with Gasteiger partial charge in [0.05, 0.1) is 0 Å². The Hall–Kier alpha value is -3.41. The van der Waals surface area contributed by atoms with Crippen molar-refractivity contribution in [3.05, 3.63) is 84.4 Å². The molecule has 1 aliphatic rings. The maximum Gasteiger partial charge on any atom is 0.411 e. The number of ether oxygens (including phenoxy) is 2. The van der Waals surface area contributed by atoms with Gasteiger partial charge in [-0.05, 0) is 38.0 Å². The Morgan fingerprint density at radius 2 is 1.58 bits per heavy atom. The summed E-state index contributed by atoms with van der Waals surface area (Å²) in [7, 11) is 0. The first-order valence-corrected chi connectivity index (χ1v) is 10.2. The molecule has 1 saturated heterocycles. The van der Waals surface area contributed by atoms with Crippen molar-refractivity contribution in [2.45, 2.75) is 51.0 Å². The highest BCUT2D eigenvalue weighted by molar-refractivity contribution is 5.95. The molecule has 0 aromatic heterocycles. The molecule has 1 amide bonds. The van der Waals surface area contributed by atoms with E-state index in [0.717, 1.165) is 17.2 Å². The maximum absolute atomic E-state index is 13.4. The molecule has 2 aromatic carbocycles. The van der Waals surface area contributed by atoms with E-state index in [4.69, 9.17) is 9.47 Å². The van der Waals surface area contributed by atoms with Gasteiger partial charge in [0.2, 0.25) is 0 Å². The number of hydrogen-bond donors (Lipinski definition) is 0. The van der Waals surface area contributed by atoms with Gasteiger partial charge in [-0.1, -0.05) is 67.2 Å². The number of nitrogens with zero attached hydrogens (tertiary/aromatic N) is 1. The quantitative estimate of drug-likeness (QED) is 0.513. The van der Waals surface area contributed by atoms with Crippen LogP contribution >= 0.6 is 0 Å². The molecule has 1 heterocycles. The van der Waals surface area contributed by atoms with Crippen LogP contribution in [0.1, 0.15) is 50.5 Å². The second-order valence-electron chi connectivity index (χ2n) is 8.40. The molecule has 162 valence electrons. The lowest BCUT2D eigenvalue weighted by molar-refractivity contribution is -0.175. The van der Waals surface area contributed by atoms with Gasteiger partial charge in [-0.25, -0.2) is 9.59 Å². The second kappa shape index (κ2) is 9.16. The first-order chi connectivity index (χ1) is 14.7. The third-order valence-corrected chi connectivity index (χ3v) is 4.93. The van der Waals surface area contributed by atoms with Crippen LogP contribution in [0.15, 0.2) is 73.3 Å². The topological polar surface area (TPSA) is 72.9 Å². The Morgan fingerprint density at radius 1 is 1.03 bits per heavy atom. The van der Waals surface area contributed by atoms with Gasteiger partial charge in [-0.2, -0.15) is 0 Å². The van der Waals surface area contributed by atoms with Crippen molar-refractivity contribution in [1.82, 2.24) is 4.90 Å². The van der Waals surface area contributed by atoms with Crippen LogP contribution in [0.5, 0.6) is 0 Å². The summed E-state index contributed by atoms with van der Waals surface area (Å²) in [6.45, 7) is 8.74. The van der Waals surface area contributed by atoms with Crippen molar-refractivity contribution >= 4 is 17.8 Å². The Kier molecular flexibility index (Phi) is 6.59. The number of carbonyl (C=O) groups excluding carboxylic acids is 3. The summed E-state index contributed by atoms with van der Waals surface area (Å²) in [6, 6.07) is 16.8. The van der Waals surface area contributed by atoms with Crippen LogP contribution < -0.4 is 0 Å². The van der Waals surface area contributed by atoms with Crippen LogP contribution in [0, 0.1) is 0 Å². The number of allylic oxidation sites excluding steroid dienone is 1. The standard InChI is InChI=1S/C25H27NO5/c1-5-19(27)16-20-23(28)30-22(18-14-10-7-11-15-18)21(17-12-8-6-9-13-17)26(20)24(29)31-25(2,3)4/h5-15,20-22H,1,16H2,2-4H3/t20-,21-,22+/m0/s1. The molecule has 31 heavy (non-hydrogen) atoms. The molecule has 0 bridgehead atoms. The highest BCUT2D eigenvalue weighted by atomic mass is 16.6. The van der Waals surface area contributed by atoms with Gasteiger partial charge in [0.1, 0.15) is 17.7 Å². The van der Waals surface area contributed by atoms with E-state index >= 15 is 0 Å². The molecule has 6 heteroatoms. The smallest absolute Gasteiger partial charge is 0.411 e. The Morgan fingerprint density at radius 3 is 2.10 bits per heavy atom. The molecule has 0 N–H and O–H groups in total. The fourth-order valence-corrected chi connectivity index (χ4v) is 3.61. The number of amides is 1. The molecule has 1 aliphatic heterocycles. The molecule has 0 unspecified atom stereocenters. The van der Waals surface area contributed by atoms with Gasteiger partial charge < -0.3 is 9.47 Å². The van der Waals surface area contributed by atoms with Gasteiger partial charge >= 0.3 is 12.1 Å². The zero-order valence-corrected chi connectivity index (χ0v) is 18.0. The van der Waals surface area contributed by atoms with Crippen LogP contribution in [0.3, 0.4) is 0 Å². The minimum atomic E-state index is -1.12. The van der Waals surface area contributed by atoms with Gasteiger partial charge in [0.15, 0.2) is 11.9 Å². The Bertz CT molecular complexity index is 949. The molecule has 6 nitrogen and oxygen atoms in total. The van der Waals surface area contributed by atoms with Crippen molar-refractivity contribution in [2.75, 3.05) is 0 Å². The number of hydrogen-bond acceptors (Lipinski definition) is 5. The third-order valence-electron chi connectivity index (χ3n) is 4.93. The van der Waals surface area contributed by atoms with Crippen LogP contribution in [-0.2, 0) is 19.1 Å². The molecule has 0 radical (unpaired) electrons. The molecule has 0 saturated carbocycles. The summed E-state index contributed by atoms with van der Waals surface area (Å²) in [5.74, 6) is -1.01. The van der Waals surface area contributed by atoms with Gasteiger partial charge in [0, 0.05) is 6.42 Å². The van der Waals surface area contributed by atoms with Crippen LogP contribution in [0.4, 0.5) is 4.79 Å². The van der Waals surface area contributed by atoms with Crippen molar-refractivity contribution in [3.63, 3.8) is 0 Å². The number of rotatable bonds is 5. The molecule has 0 aliphatic carbocycles. The van der Waals surface area contributed by atoms with E-state index in [2.05, 4.69) is 6.58 Å². The fourth-order valence-electron chi connectivity index (χ4n) is 3.61. The van der Waals surface area contributed by atoms with Gasteiger partial charge in [-0.15, -0.1) is 0 Å². The number of morpholine rings is 1. The lowest BCUT2D eigenvalue weighted by atomic mass is 9.90. The van der Waals surface area contributed by atoms with E-state index in [9.17, 15) is 14.4 Å². The zero-order chi connectivity index (χ0) is 22.6. The van der Waals surface area contributed by atoms with E-state index in [0.29, 0.717) is 0 Å². The highest BCUT2D eigenvalue weighted by Gasteiger charge is 2.49. The number of ketones is 1. The maximum atomic E-state index is 13.4. The number of benzene rings is 2. The van der Waals surface area contributed by atoms with E-state index < -0.39 is 35.9 Å². The average Bonchev–Trinajstić information content (AvgIpc) is 2.74. The molecule has 3 rings (SSSR count). The van der Waals surface area contributed by atoms with E-state index in [1.165, 1.54) is 4.90 Å². The van der Waals surface area contributed by atoms with Crippen LogP contribution in [0.2, 0.25) is 0 Å². The van der Waals surface area contributed by atoms with Crippen molar-refractivity contribution in [1.29, 1.82) is 0 Å². The first kappa shape index (κ1) is 22.3. The monoisotopic (exact) mass is 421 g/mol. The predicted molar refractivity (Wildman–Crippen MR) is 116 cm³/mol. The molecule has 1 fully saturated rings. The predicted octanol–water partition coefficient (Wildman–Crippen LogP) is 4.78. The second-order valence-corrected chi connectivity index (χ2v) is 8.40. The summed E-state index contributed by atoms with van der Waals surface area (Å²) in [5, 5.41) is 0. The van der Waals surface area contributed by atoms with E-state index in [1.807, 2.05) is 60.7 Å². The summed E-state index contributed by atoms with van der Waals surface area (Å²) in [4.78, 5) is 39.9. The number of esters is 1. The molecule has 2 aromatic rings. The lowest BCUT2D eigenvalue weighted by Gasteiger charge is -2.45. The van der Waals surface area contributed by atoms with Crippen molar-refractivity contribution in [2.24, 2.45) is 0 Å². The van der Waals surface area contributed by atoms with E-state index in [1.54, 1.807) is 20.8 Å². The zero-order valence-electron chi connectivity index (χ0n) is 18.0. The number of carbonyl (C=O) groups is 3. The summed E-state index contributed by atoms with van der Waals surface area (Å²) in [5.41, 5.74) is 0.729. The summed E-state index contributed by atoms with van der Waals surface area (Å²) < 4.78 is 11.5. The SMILES string of the molecule is C=CC(=O)C[C@H]1C(=O)O[C@H](c2ccccc2)[C@H](c2ccccc2)N1C(=O)OC(C)(C)C.